The smallest absolute Gasteiger partial charge is 0.151 e. The number of aryl methyl sites for hydroxylation is 1. The maximum Gasteiger partial charge on any atom is 0.151 e. The number of nitrogens with one attached hydrogen (secondary N) is 1. The number of hydrogen-bond acceptors (Lipinski definition) is 9. The largest absolute Gasteiger partial charge is 0.495 e. The molecule has 40 heavy (non-hydrogen) atoms. The topological polar surface area (TPSA) is 102 Å². The third kappa shape index (κ3) is 5.29. The summed E-state index contributed by atoms with van der Waals surface area (Å²) in [5.74, 6) is 2.10. The number of piperidine rings is 2. The molecule has 1 spiro atoms. The first-order chi connectivity index (χ1) is 19.5. The predicted molar refractivity (Wildman–Crippen MR) is 161 cm³/mol. The Morgan fingerprint density at radius 3 is 2.48 bits per heavy atom. The van der Waals surface area contributed by atoms with Crippen molar-refractivity contribution in [3.05, 3.63) is 30.1 Å². The molecule has 3 fully saturated rings. The summed E-state index contributed by atoms with van der Waals surface area (Å²) in [6.45, 7) is 8.20. The van der Waals surface area contributed by atoms with Crippen LogP contribution in [-0.4, -0.2) is 79.4 Å². The fourth-order valence-electron chi connectivity index (χ4n) is 6.62. The van der Waals surface area contributed by atoms with Crippen molar-refractivity contribution < 1.29 is 9.47 Å². The molecule has 9 heteroatoms. The molecule has 3 saturated heterocycles. The average molecular weight is 546 g/mol. The first-order valence-electron chi connectivity index (χ1n) is 14.9. The Bertz CT molecular complexity index is 1340. The van der Waals surface area contributed by atoms with Crippen LogP contribution < -0.4 is 20.7 Å². The molecule has 0 bridgehead atoms. The van der Waals surface area contributed by atoms with Gasteiger partial charge < -0.3 is 30.3 Å². The highest BCUT2D eigenvalue weighted by Gasteiger charge is 2.37. The van der Waals surface area contributed by atoms with Gasteiger partial charge in [0, 0.05) is 44.1 Å². The summed E-state index contributed by atoms with van der Waals surface area (Å²) in [4.78, 5) is 19.5. The minimum absolute atomic E-state index is 0.325. The Morgan fingerprint density at radius 1 is 1.05 bits per heavy atom. The molecule has 3 N–H and O–H groups in total. The molecule has 2 aromatic heterocycles. The Morgan fingerprint density at radius 2 is 1.77 bits per heavy atom. The molecule has 0 amide bonds. The van der Waals surface area contributed by atoms with Crippen molar-refractivity contribution >= 4 is 28.4 Å². The highest BCUT2D eigenvalue weighted by Crippen LogP contribution is 2.44. The standard InChI is InChI=1S/C31H43N7O2/c1-4-24-30(34-22-7-17-40-18-8-22)36-27-23(20-33-29(32)28(27)35-24)21-5-6-25(26(19-21)39-3)38-15-11-31(12-16-38)9-13-37(2)14-10-31/h5-6,19-20,22H,4,7-18H2,1-3H3,(H2,32,33)(H,34,36). The number of aromatic nitrogens is 3. The Balaban J connectivity index is 1.30. The highest BCUT2D eigenvalue weighted by molar-refractivity contribution is 5.97. The van der Waals surface area contributed by atoms with Crippen molar-refractivity contribution in [2.75, 3.05) is 69.5 Å². The number of benzene rings is 1. The van der Waals surface area contributed by atoms with Crippen LogP contribution in [0.5, 0.6) is 5.75 Å². The van der Waals surface area contributed by atoms with E-state index in [1.54, 1.807) is 7.11 Å². The van der Waals surface area contributed by atoms with E-state index in [9.17, 15) is 0 Å². The van der Waals surface area contributed by atoms with Gasteiger partial charge in [0.25, 0.3) is 0 Å². The number of nitrogens with zero attached hydrogens (tertiary/aromatic N) is 5. The monoisotopic (exact) mass is 545 g/mol. The lowest BCUT2D eigenvalue weighted by molar-refractivity contribution is 0.0903. The third-order valence-electron chi connectivity index (χ3n) is 9.40. The summed E-state index contributed by atoms with van der Waals surface area (Å²) in [6.07, 6.45) is 9.62. The molecule has 6 rings (SSSR count). The van der Waals surface area contributed by atoms with Crippen molar-refractivity contribution in [3.63, 3.8) is 0 Å². The number of nitrogens with two attached hydrogens (primary N) is 1. The number of likely N-dealkylation sites (tertiary alicyclic amines) is 1. The molecule has 3 aliphatic heterocycles. The molecule has 1 aromatic carbocycles. The van der Waals surface area contributed by atoms with Crippen molar-refractivity contribution in [1.82, 2.24) is 19.9 Å². The summed E-state index contributed by atoms with van der Waals surface area (Å²) in [7, 11) is 4.00. The highest BCUT2D eigenvalue weighted by atomic mass is 16.5. The van der Waals surface area contributed by atoms with Crippen LogP contribution in [0.4, 0.5) is 17.3 Å². The normalized spacial score (nSPS) is 20.2. The minimum atomic E-state index is 0.325. The van der Waals surface area contributed by atoms with E-state index in [0.717, 1.165) is 85.2 Å². The summed E-state index contributed by atoms with van der Waals surface area (Å²) in [5.41, 5.74) is 12.2. The summed E-state index contributed by atoms with van der Waals surface area (Å²) in [6, 6.07) is 6.79. The van der Waals surface area contributed by atoms with Gasteiger partial charge in [0.15, 0.2) is 5.82 Å². The summed E-state index contributed by atoms with van der Waals surface area (Å²) >= 11 is 0. The predicted octanol–water partition coefficient (Wildman–Crippen LogP) is 4.75. The molecule has 0 radical (unpaired) electrons. The number of nitrogen functional groups attached to an aromatic ring is 1. The molecule has 214 valence electrons. The van der Waals surface area contributed by atoms with Gasteiger partial charge in [-0.2, -0.15) is 0 Å². The van der Waals surface area contributed by atoms with Gasteiger partial charge in [0.05, 0.1) is 18.5 Å². The van der Waals surface area contributed by atoms with E-state index >= 15 is 0 Å². The van der Waals surface area contributed by atoms with Gasteiger partial charge in [-0.3, -0.25) is 0 Å². The molecule has 3 aromatic rings. The van der Waals surface area contributed by atoms with Crippen molar-refractivity contribution in [2.45, 2.75) is 57.9 Å². The van der Waals surface area contributed by atoms with E-state index in [-0.39, 0.29) is 0 Å². The number of rotatable bonds is 6. The maximum atomic E-state index is 6.32. The van der Waals surface area contributed by atoms with E-state index in [4.69, 9.17) is 25.2 Å². The van der Waals surface area contributed by atoms with Gasteiger partial charge in [-0.15, -0.1) is 0 Å². The molecule has 0 unspecified atom stereocenters. The molecular weight excluding hydrogens is 502 g/mol. The fourth-order valence-corrected chi connectivity index (χ4v) is 6.62. The quantitative estimate of drug-likeness (QED) is 0.454. The van der Waals surface area contributed by atoms with E-state index in [1.807, 2.05) is 6.20 Å². The Labute approximate surface area is 237 Å². The van der Waals surface area contributed by atoms with E-state index in [1.165, 1.54) is 38.8 Å². The van der Waals surface area contributed by atoms with Crippen LogP contribution in [0.25, 0.3) is 22.2 Å². The van der Waals surface area contributed by atoms with Crippen LogP contribution in [0.1, 0.15) is 51.1 Å². The molecule has 0 aliphatic carbocycles. The maximum absolute atomic E-state index is 6.32. The molecule has 9 nitrogen and oxygen atoms in total. The van der Waals surface area contributed by atoms with Crippen LogP contribution in [0, 0.1) is 5.41 Å². The van der Waals surface area contributed by atoms with E-state index in [0.29, 0.717) is 22.8 Å². The van der Waals surface area contributed by atoms with Gasteiger partial charge >= 0.3 is 0 Å². The van der Waals surface area contributed by atoms with E-state index < -0.39 is 0 Å². The molecular formula is C31H43N7O2. The van der Waals surface area contributed by atoms with Gasteiger partial charge in [0.1, 0.15) is 22.6 Å². The van der Waals surface area contributed by atoms with Crippen LogP contribution in [-0.2, 0) is 11.2 Å². The summed E-state index contributed by atoms with van der Waals surface area (Å²) in [5, 5.41) is 3.64. The van der Waals surface area contributed by atoms with Gasteiger partial charge in [-0.25, -0.2) is 15.0 Å². The second-order valence-corrected chi connectivity index (χ2v) is 11.8. The zero-order valence-electron chi connectivity index (χ0n) is 24.2. The number of anilines is 3. The molecule has 0 saturated carbocycles. The van der Waals surface area contributed by atoms with Gasteiger partial charge in [-0.1, -0.05) is 13.0 Å². The lowest BCUT2D eigenvalue weighted by Crippen LogP contribution is -2.46. The zero-order valence-corrected chi connectivity index (χ0v) is 24.2. The summed E-state index contributed by atoms with van der Waals surface area (Å²) < 4.78 is 11.5. The number of ether oxygens (including phenoxy) is 2. The second kappa shape index (κ2) is 11.4. The van der Waals surface area contributed by atoms with Gasteiger partial charge in [0.2, 0.25) is 0 Å². The lowest BCUT2D eigenvalue weighted by atomic mass is 9.71. The third-order valence-corrected chi connectivity index (χ3v) is 9.40. The molecule has 3 aliphatic rings. The van der Waals surface area contributed by atoms with Crippen LogP contribution >= 0.6 is 0 Å². The van der Waals surface area contributed by atoms with Crippen LogP contribution in [0.3, 0.4) is 0 Å². The Kier molecular flexibility index (Phi) is 7.68. The number of pyridine rings is 1. The first kappa shape index (κ1) is 27.0. The fraction of sp³-hybridized carbons (Fsp3) is 0.581. The lowest BCUT2D eigenvalue weighted by Gasteiger charge is -2.47. The van der Waals surface area contributed by atoms with Crippen molar-refractivity contribution in [2.24, 2.45) is 5.41 Å². The number of hydrogen-bond donors (Lipinski definition) is 2. The van der Waals surface area contributed by atoms with E-state index in [2.05, 4.69) is 52.3 Å². The first-order valence-corrected chi connectivity index (χ1v) is 14.9. The zero-order chi connectivity index (χ0) is 27.7. The minimum Gasteiger partial charge on any atom is -0.495 e. The second-order valence-electron chi connectivity index (χ2n) is 11.8. The van der Waals surface area contributed by atoms with Crippen LogP contribution in [0.2, 0.25) is 0 Å². The average Bonchev–Trinajstić information content (AvgIpc) is 2.99. The SMILES string of the molecule is CCc1nc2c(N)ncc(-c3ccc(N4CCC5(CCN(C)CC5)CC4)c(OC)c3)c2nc1NC1CCOCC1. The molecule has 0 atom stereocenters. The Hall–Kier alpha value is -3.17. The van der Waals surface area contributed by atoms with Crippen molar-refractivity contribution in [1.29, 1.82) is 0 Å². The number of fused-ring (bicyclic) bond motifs is 1. The number of methoxy groups -OCH3 is 1. The van der Waals surface area contributed by atoms with Crippen LogP contribution in [0.15, 0.2) is 24.4 Å². The molecule has 5 heterocycles. The van der Waals surface area contributed by atoms with Gasteiger partial charge in [-0.05, 0) is 88.2 Å². The van der Waals surface area contributed by atoms with Crippen molar-refractivity contribution in [3.8, 4) is 16.9 Å².